The Balaban J connectivity index is 0.000000384. The first-order chi connectivity index (χ1) is 17.1. The quantitative estimate of drug-likeness (QED) is 0.386. The average molecular weight is 499 g/mol. The van der Waals surface area contributed by atoms with Crippen LogP contribution in [0.15, 0.2) is 61.2 Å². The van der Waals surface area contributed by atoms with Gasteiger partial charge in [-0.25, -0.2) is 14.8 Å². The van der Waals surface area contributed by atoms with Crippen LogP contribution in [0, 0.1) is 6.92 Å². The molecule has 0 saturated heterocycles. The lowest BCUT2D eigenvalue weighted by Gasteiger charge is -2.10. The number of imidazole rings is 1. The van der Waals surface area contributed by atoms with E-state index >= 15 is 0 Å². The number of carbonyl (C=O) groups is 2. The summed E-state index contributed by atoms with van der Waals surface area (Å²) >= 11 is 0. The molecule has 0 aromatic carbocycles. The average Bonchev–Trinajstić information content (AvgIpc) is 3.58. The van der Waals surface area contributed by atoms with Crippen molar-refractivity contribution in [2.75, 3.05) is 5.32 Å². The molecular formula is C25H24F3N5O3. The minimum atomic E-state index is -5.08. The molecule has 1 aliphatic carbocycles. The van der Waals surface area contributed by atoms with Crippen LogP contribution in [0.25, 0.3) is 16.9 Å². The largest absolute Gasteiger partial charge is 0.490 e. The second-order valence-electron chi connectivity index (χ2n) is 8.50. The Morgan fingerprint density at radius 2 is 1.83 bits per heavy atom. The minimum Gasteiger partial charge on any atom is -0.475 e. The molecule has 0 bridgehead atoms. The number of anilines is 1. The fourth-order valence-electron chi connectivity index (χ4n) is 4.16. The summed E-state index contributed by atoms with van der Waals surface area (Å²) < 4.78 is 36.0. The number of hydrogen-bond donors (Lipinski definition) is 2. The van der Waals surface area contributed by atoms with Crippen LogP contribution in [-0.2, 0) is 4.79 Å². The molecule has 5 rings (SSSR count). The highest BCUT2D eigenvalue weighted by molar-refractivity contribution is 6.07. The number of amides is 1. The standard InChI is InChI=1S/C23H23N5O.C2HF3O2/c1-16-9-11-24-20(14-16)25-23(29)21-19-8-4-5-12-28(19)22(26-21)17-10-13-27(15-17)18-6-2-3-7-18;3-2(4,5)1(6)7/h4-5,8-15,18H,2-3,6-7H2,1H3,(H,24,25,29);(H,6,7). The van der Waals surface area contributed by atoms with E-state index in [1.807, 2.05) is 47.9 Å². The van der Waals surface area contributed by atoms with Crippen molar-refractivity contribution in [2.24, 2.45) is 0 Å². The lowest BCUT2D eigenvalue weighted by atomic mass is 10.2. The van der Waals surface area contributed by atoms with E-state index in [9.17, 15) is 18.0 Å². The Morgan fingerprint density at radius 1 is 1.11 bits per heavy atom. The predicted molar refractivity (Wildman–Crippen MR) is 127 cm³/mol. The molecule has 0 atom stereocenters. The number of aromatic nitrogens is 4. The van der Waals surface area contributed by atoms with Gasteiger partial charge >= 0.3 is 12.1 Å². The van der Waals surface area contributed by atoms with E-state index in [-0.39, 0.29) is 5.91 Å². The number of hydrogen-bond acceptors (Lipinski definition) is 4. The third-order valence-electron chi connectivity index (χ3n) is 5.88. The second kappa shape index (κ2) is 10.2. The van der Waals surface area contributed by atoms with E-state index in [4.69, 9.17) is 14.9 Å². The number of nitrogens with one attached hydrogen (secondary N) is 1. The molecule has 0 spiro atoms. The summed E-state index contributed by atoms with van der Waals surface area (Å²) in [5.74, 6) is -1.71. The van der Waals surface area contributed by atoms with E-state index in [1.54, 1.807) is 6.20 Å². The van der Waals surface area contributed by atoms with Gasteiger partial charge in [0.15, 0.2) is 5.69 Å². The number of carboxylic acid groups (broad SMARTS) is 1. The van der Waals surface area contributed by atoms with Gasteiger partial charge in [-0.1, -0.05) is 18.9 Å². The minimum absolute atomic E-state index is 0.256. The van der Waals surface area contributed by atoms with Crippen LogP contribution in [0.2, 0.25) is 0 Å². The molecule has 8 nitrogen and oxygen atoms in total. The number of nitrogens with zero attached hydrogens (tertiary/aromatic N) is 4. The van der Waals surface area contributed by atoms with Gasteiger partial charge in [0, 0.05) is 36.4 Å². The van der Waals surface area contributed by atoms with Crippen LogP contribution in [-0.4, -0.2) is 42.1 Å². The Hall–Kier alpha value is -4.15. The van der Waals surface area contributed by atoms with E-state index in [1.165, 1.54) is 25.7 Å². The summed E-state index contributed by atoms with van der Waals surface area (Å²) in [6, 6.07) is 12.2. The van der Waals surface area contributed by atoms with Gasteiger partial charge in [-0.05, 0) is 55.7 Å². The molecular weight excluding hydrogens is 475 g/mol. The molecule has 1 amide bonds. The molecule has 36 heavy (non-hydrogen) atoms. The van der Waals surface area contributed by atoms with Crippen molar-refractivity contribution in [2.45, 2.75) is 44.8 Å². The second-order valence-corrected chi connectivity index (χ2v) is 8.50. The van der Waals surface area contributed by atoms with Crippen molar-refractivity contribution < 1.29 is 27.9 Å². The molecule has 0 aliphatic heterocycles. The van der Waals surface area contributed by atoms with Crippen molar-refractivity contribution in [3.63, 3.8) is 0 Å². The normalized spacial score (nSPS) is 13.9. The highest BCUT2D eigenvalue weighted by Crippen LogP contribution is 2.32. The highest BCUT2D eigenvalue weighted by Gasteiger charge is 2.38. The maximum absolute atomic E-state index is 13.0. The molecule has 1 aliphatic rings. The van der Waals surface area contributed by atoms with Crippen LogP contribution < -0.4 is 5.32 Å². The number of rotatable bonds is 4. The van der Waals surface area contributed by atoms with Gasteiger partial charge in [0.2, 0.25) is 0 Å². The molecule has 0 radical (unpaired) electrons. The summed E-state index contributed by atoms with van der Waals surface area (Å²) in [6.45, 7) is 1.97. The summed E-state index contributed by atoms with van der Waals surface area (Å²) in [6.07, 6.45) is 7.89. The monoisotopic (exact) mass is 499 g/mol. The van der Waals surface area contributed by atoms with Gasteiger partial charge in [-0.15, -0.1) is 0 Å². The van der Waals surface area contributed by atoms with Gasteiger partial charge in [-0.3, -0.25) is 9.20 Å². The van der Waals surface area contributed by atoms with Crippen LogP contribution >= 0.6 is 0 Å². The molecule has 4 heterocycles. The molecule has 4 aromatic heterocycles. The van der Waals surface area contributed by atoms with Crippen LogP contribution in [0.1, 0.15) is 47.8 Å². The van der Waals surface area contributed by atoms with Crippen molar-refractivity contribution in [1.29, 1.82) is 0 Å². The first-order valence-corrected chi connectivity index (χ1v) is 11.3. The smallest absolute Gasteiger partial charge is 0.475 e. The molecule has 0 unspecified atom stereocenters. The SMILES string of the molecule is Cc1ccnc(NC(=O)c2nc(-c3ccn(C4CCCC4)c3)n3ccccc23)c1.O=C(O)C(F)(F)F. The lowest BCUT2D eigenvalue weighted by molar-refractivity contribution is -0.192. The third-order valence-corrected chi connectivity index (χ3v) is 5.88. The van der Waals surface area contributed by atoms with Crippen LogP contribution in [0.3, 0.4) is 0 Å². The number of alkyl halides is 3. The Morgan fingerprint density at radius 3 is 2.50 bits per heavy atom. The summed E-state index contributed by atoms with van der Waals surface area (Å²) in [4.78, 5) is 30.8. The predicted octanol–water partition coefficient (Wildman–Crippen LogP) is 5.51. The summed E-state index contributed by atoms with van der Waals surface area (Å²) in [5, 5.41) is 10.00. The number of aliphatic carboxylic acids is 1. The molecule has 1 saturated carbocycles. The van der Waals surface area contributed by atoms with Gasteiger partial charge in [0.05, 0.1) is 5.52 Å². The summed E-state index contributed by atoms with van der Waals surface area (Å²) in [5.41, 5.74) is 3.24. The Kier molecular flexibility index (Phi) is 7.09. The number of fused-ring (bicyclic) bond motifs is 1. The van der Waals surface area contributed by atoms with E-state index < -0.39 is 12.1 Å². The van der Waals surface area contributed by atoms with E-state index in [0.29, 0.717) is 17.6 Å². The fourth-order valence-corrected chi connectivity index (χ4v) is 4.16. The molecule has 2 N–H and O–H groups in total. The zero-order valence-electron chi connectivity index (χ0n) is 19.4. The zero-order valence-corrected chi connectivity index (χ0v) is 19.4. The maximum Gasteiger partial charge on any atom is 0.490 e. The van der Waals surface area contributed by atoms with Crippen LogP contribution in [0.4, 0.5) is 19.0 Å². The lowest BCUT2D eigenvalue weighted by Crippen LogP contribution is -2.21. The molecule has 188 valence electrons. The highest BCUT2D eigenvalue weighted by atomic mass is 19.4. The number of carboxylic acids is 1. The van der Waals surface area contributed by atoms with E-state index in [2.05, 4.69) is 33.3 Å². The van der Waals surface area contributed by atoms with Gasteiger partial charge in [0.25, 0.3) is 5.91 Å². The Labute approximate surface area is 204 Å². The number of aryl methyl sites for hydroxylation is 1. The molecule has 1 fully saturated rings. The number of carbonyl (C=O) groups excluding carboxylic acids is 1. The number of halogens is 3. The fraction of sp³-hybridized carbons (Fsp3) is 0.280. The first-order valence-electron chi connectivity index (χ1n) is 11.3. The van der Waals surface area contributed by atoms with Crippen molar-refractivity contribution in [1.82, 2.24) is 18.9 Å². The van der Waals surface area contributed by atoms with Gasteiger partial charge in [-0.2, -0.15) is 13.2 Å². The first kappa shape index (κ1) is 25.0. The van der Waals surface area contributed by atoms with Crippen LogP contribution in [0.5, 0.6) is 0 Å². The summed E-state index contributed by atoms with van der Waals surface area (Å²) in [7, 11) is 0. The van der Waals surface area contributed by atoms with Gasteiger partial charge in [0.1, 0.15) is 11.6 Å². The molecule has 4 aromatic rings. The third kappa shape index (κ3) is 5.56. The van der Waals surface area contributed by atoms with Crippen molar-refractivity contribution >= 4 is 23.2 Å². The van der Waals surface area contributed by atoms with Gasteiger partial charge < -0.3 is 15.0 Å². The van der Waals surface area contributed by atoms with Crippen molar-refractivity contribution in [3.05, 3.63) is 72.4 Å². The van der Waals surface area contributed by atoms with E-state index in [0.717, 1.165) is 22.5 Å². The zero-order chi connectivity index (χ0) is 25.9. The molecule has 11 heteroatoms. The number of pyridine rings is 2. The maximum atomic E-state index is 13.0. The van der Waals surface area contributed by atoms with Crippen molar-refractivity contribution in [3.8, 4) is 11.4 Å². The topological polar surface area (TPSA) is 102 Å². The Bertz CT molecular complexity index is 1390.